The highest BCUT2D eigenvalue weighted by Gasteiger charge is 2.12. The number of rotatable bonds is 5. The van der Waals surface area contributed by atoms with E-state index in [4.69, 9.17) is 9.72 Å². The Kier molecular flexibility index (Phi) is 4.42. The van der Waals surface area contributed by atoms with Crippen molar-refractivity contribution in [1.29, 1.82) is 0 Å². The molecule has 0 radical (unpaired) electrons. The summed E-state index contributed by atoms with van der Waals surface area (Å²) in [4.78, 5) is 9.27. The van der Waals surface area contributed by atoms with Crippen LogP contribution < -0.4 is 4.74 Å². The van der Waals surface area contributed by atoms with Crippen LogP contribution in [0, 0.1) is 6.92 Å². The Hall–Kier alpha value is -2.73. The minimum absolute atomic E-state index is 0.755. The van der Waals surface area contributed by atoms with Crippen molar-refractivity contribution in [1.82, 2.24) is 19.1 Å². The quantitative estimate of drug-likeness (QED) is 0.493. The Morgan fingerprint density at radius 3 is 2.73 bits per heavy atom. The van der Waals surface area contributed by atoms with Crippen molar-refractivity contribution >= 4 is 22.8 Å². The summed E-state index contributed by atoms with van der Waals surface area (Å²) in [6.07, 6.45) is 5.88. The SMILES string of the molecule is COc1ccnc(CSc2nc3ccc(-n4cccc4)cc3n2C)c1C. The van der Waals surface area contributed by atoms with Gasteiger partial charge >= 0.3 is 0 Å². The topological polar surface area (TPSA) is 44.9 Å². The summed E-state index contributed by atoms with van der Waals surface area (Å²) >= 11 is 1.69. The first kappa shape index (κ1) is 16.7. The standard InChI is InChI=1S/C20H20N4OS/c1-14-17(21-9-8-19(14)25-3)13-26-20-22-16-7-6-15(12-18(16)23(20)2)24-10-4-5-11-24/h4-12H,13H2,1-3H3. The van der Waals surface area contributed by atoms with E-state index in [-0.39, 0.29) is 0 Å². The summed E-state index contributed by atoms with van der Waals surface area (Å²) < 4.78 is 9.63. The van der Waals surface area contributed by atoms with Crippen molar-refractivity contribution in [3.8, 4) is 11.4 Å². The molecule has 0 saturated carbocycles. The molecule has 0 atom stereocenters. The summed E-state index contributed by atoms with van der Waals surface area (Å²) in [5.41, 5.74) is 5.35. The number of ether oxygens (including phenoxy) is 1. The molecule has 3 aromatic heterocycles. The van der Waals surface area contributed by atoms with E-state index < -0.39 is 0 Å². The van der Waals surface area contributed by atoms with Gasteiger partial charge in [-0.1, -0.05) is 11.8 Å². The van der Waals surface area contributed by atoms with Crippen molar-refractivity contribution in [2.75, 3.05) is 7.11 Å². The zero-order chi connectivity index (χ0) is 18.1. The third-order valence-electron chi connectivity index (χ3n) is 4.54. The maximum Gasteiger partial charge on any atom is 0.169 e. The van der Waals surface area contributed by atoms with Gasteiger partial charge in [0.2, 0.25) is 0 Å². The van der Waals surface area contributed by atoms with Crippen LogP contribution in [0.3, 0.4) is 0 Å². The van der Waals surface area contributed by atoms with Crippen molar-refractivity contribution < 1.29 is 4.74 Å². The monoisotopic (exact) mass is 364 g/mol. The predicted molar refractivity (Wildman–Crippen MR) is 105 cm³/mol. The normalized spacial score (nSPS) is 11.2. The molecule has 0 bridgehead atoms. The second-order valence-corrected chi connectivity index (χ2v) is 7.03. The van der Waals surface area contributed by atoms with Crippen LogP contribution in [0.1, 0.15) is 11.3 Å². The maximum absolute atomic E-state index is 5.39. The van der Waals surface area contributed by atoms with Crippen LogP contribution in [0.2, 0.25) is 0 Å². The van der Waals surface area contributed by atoms with Crippen LogP contribution in [-0.2, 0) is 12.8 Å². The first-order chi connectivity index (χ1) is 12.7. The second kappa shape index (κ2) is 6.88. The van der Waals surface area contributed by atoms with E-state index in [1.807, 2.05) is 37.5 Å². The minimum atomic E-state index is 0.755. The number of nitrogens with zero attached hydrogens (tertiary/aromatic N) is 4. The van der Waals surface area contributed by atoms with Crippen molar-refractivity contribution in [2.45, 2.75) is 17.8 Å². The molecule has 4 rings (SSSR count). The largest absolute Gasteiger partial charge is 0.496 e. The van der Waals surface area contributed by atoms with Crippen LogP contribution in [0.15, 0.2) is 60.1 Å². The zero-order valence-electron chi connectivity index (χ0n) is 15.0. The summed E-state index contributed by atoms with van der Waals surface area (Å²) in [7, 11) is 3.75. The molecule has 0 saturated heterocycles. The fourth-order valence-electron chi connectivity index (χ4n) is 3.01. The van der Waals surface area contributed by atoms with Crippen LogP contribution in [0.4, 0.5) is 0 Å². The molecule has 0 aliphatic heterocycles. The Morgan fingerprint density at radius 2 is 1.96 bits per heavy atom. The molecule has 26 heavy (non-hydrogen) atoms. The number of thioether (sulfide) groups is 1. The molecule has 0 unspecified atom stereocenters. The summed E-state index contributed by atoms with van der Waals surface area (Å²) in [6.45, 7) is 2.04. The lowest BCUT2D eigenvalue weighted by atomic mass is 10.2. The van der Waals surface area contributed by atoms with Crippen molar-refractivity contribution in [3.63, 3.8) is 0 Å². The van der Waals surface area contributed by atoms with Crippen LogP contribution in [-0.4, -0.2) is 26.2 Å². The van der Waals surface area contributed by atoms with Gasteiger partial charge in [-0.3, -0.25) is 4.98 Å². The average Bonchev–Trinajstić information content (AvgIpc) is 3.29. The second-order valence-electron chi connectivity index (χ2n) is 6.09. The number of methoxy groups -OCH3 is 1. The zero-order valence-corrected chi connectivity index (χ0v) is 15.8. The summed E-state index contributed by atoms with van der Waals surface area (Å²) in [5, 5.41) is 0.980. The number of imidazole rings is 1. The molecule has 132 valence electrons. The van der Waals surface area contributed by atoms with Gasteiger partial charge in [0.25, 0.3) is 0 Å². The molecule has 0 fully saturated rings. The van der Waals surface area contributed by atoms with Crippen molar-refractivity contribution in [2.24, 2.45) is 7.05 Å². The number of aromatic nitrogens is 4. The third kappa shape index (κ3) is 2.97. The van der Waals surface area contributed by atoms with Gasteiger partial charge in [0.15, 0.2) is 5.16 Å². The Morgan fingerprint density at radius 1 is 1.15 bits per heavy atom. The smallest absolute Gasteiger partial charge is 0.169 e. The first-order valence-corrected chi connectivity index (χ1v) is 9.37. The highest BCUT2D eigenvalue weighted by Crippen LogP contribution is 2.29. The molecule has 6 heteroatoms. The van der Waals surface area contributed by atoms with Gasteiger partial charge in [0.1, 0.15) is 5.75 Å². The van der Waals surface area contributed by atoms with Crippen LogP contribution in [0.5, 0.6) is 5.75 Å². The van der Waals surface area contributed by atoms with E-state index in [1.54, 1.807) is 25.1 Å². The summed E-state index contributed by atoms with van der Waals surface area (Å²) in [5.74, 6) is 1.63. The number of aryl methyl sites for hydroxylation is 1. The van der Waals surface area contributed by atoms with E-state index in [0.29, 0.717) is 0 Å². The van der Waals surface area contributed by atoms with E-state index in [1.165, 1.54) is 0 Å². The summed E-state index contributed by atoms with van der Waals surface area (Å²) in [6, 6.07) is 12.3. The molecule has 0 spiro atoms. The number of hydrogen-bond acceptors (Lipinski definition) is 4. The fourth-order valence-corrected chi connectivity index (χ4v) is 4.02. The predicted octanol–water partition coefficient (Wildman–Crippen LogP) is 4.37. The van der Waals surface area contributed by atoms with Gasteiger partial charge in [-0.25, -0.2) is 4.98 Å². The van der Waals surface area contributed by atoms with Crippen LogP contribution >= 0.6 is 11.8 Å². The Balaban J connectivity index is 1.62. The number of fused-ring (bicyclic) bond motifs is 1. The average molecular weight is 364 g/mol. The number of benzene rings is 1. The van der Waals surface area contributed by atoms with Gasteiger partial charge in [-0.15, -0.1) is 0 Å². The van der Waals surface area contributed by atoms with Gasteiger partial charge in [-0.2, -0.15) is 0 Å². The molecule has 0 aliphatic carbocycles. The molecular weight excluding hydrogens is 344 g/mol. The first-order valence-electron chi connectivity index (χ1n) is 8.38. The molecule has 0 N–H and O–H groups in total. The van der Waals surface area contributed by atoms with Gasteiger partial charge < -0.3 is 13.9 Å². The molecule has 0 amide bonds. The highest BCUT2D eigenvalue weighted by atomic mass is 32.2. The fraction of sp³-hybridized carbons (Fsp3) is 0.200. The lowest BCUT2D eigenvalue weighted by Crippen LogP contribution is -1.97. The maximum atomic E-state index is 5.39. The highest BCUT2D eigenvalue weighted by molar-refractivity contribution is 7.98. The van der Waals surface area contributed by atoms with Crippen LogP contribution in [0.25, 0.3) is 16.7 Å². The molecule has 5 nitrogen and oxygen atoms in total. The number of hydrogen-bond donors (Lipinski definition) is 0. The molecule has 4 aromatic rings. The molecule has 3 heterocycles. The third-order valence-corrected chi connectivity index (χ3v) is 5.58. The van der Waals surface area contributed by atoms with Crippen molar-refractivity contribution in [3.05, 3.63) is 66.2 Å². The van der Waals surface area contributed by atoms with Gasteiger partial charge in [-0.05, 0) is 43.3 Å². The molecule has 1 aromatic carbocycles. The lowest BCUT2D eigenvalue weighted by molar-refractivity contribution is 0.410. The Bertz CT molecular complexity index is 1050. The van der Waals surface area contributed by atoms with E-state index >= 15 is 0 Å². The van der Waals surface area contributed by atoms with E-state index in [0.717, 1.165) is 44.6 Å². The van der Waals surface area contributed by atoms with Gasteiger partial charge in [0.05, 0.1) is 23.8 Å². The minimum Gasteiger partial charge on any atom is -0.496 e. The molecule has 0 aliphatic rings. The molecular formula is C20H20N4OS. The lowest BCUT2D eigenvalue weighted by Gasteiger charge is -2.09. The van der Waals surface area contributed by atoms with E-state index in [9.17, 15) is 0 Å². The number of pyridine rings is 1. The van der Waals surface area contributed by atoms with E-state index in [2.05, 4.69) is 39.4 Å². The Labute approximate surface area is 156 Å². The van der Waals surface area contributed by atoms with Gasteiger partial charge in [0, 0.05) is 42.6 Å².